The minimum absolute atomic E-state index is 0.0992. The molecule has 2 aromatic rings. The SMILES string of the molecule is Nc1c(Cl)cccc1Oc1ccc(Br)cc1F. The second kappa shape index (κ2) is 4.94. The highest BCUT2D eigenvalue weighted by Gasteiger charge is 2.09. The van der Waals surface area contributed by atoms with Crippen LogP contribution in [0.25, 0.3) is 0 Å². The Morgan fingerprint density at radius 1 is 1.18 bits per heavy atom. The topological polar surface area (TPSA) is 35.2 Å². The average molecular weight is 317 g/mol. The van der Waals surface area contributed by atoms with E-state index in [1.807, 2.05) is 0 Å². The summed E-state index contributed by atoms with van der Waals surface area (Å²) in [5.74, 6) is -0.0420. The van der Waals surface area contributed by atoms with Gasteiger partial charge in [-0.2, -0.15) is 0 Å². The molecule has 0 saturated carbocycles. The van der Waals surface area contributed by atoms with E-state index in [2.05, 4.69) is 15.9 Å². The van der Waals surface area contributed by atoms with Gasteiger partial charge in [-0.1, -0.05) is 33.6 Å². The summed E-state index contributed by atoms with van der Waals surface area (Å²) < 4.78 is 19.6. The molecule has 0 heterocycles. The van der Waals surface area contributed by atoms with E-state index in [-0.39, 0.29) is 11.4 Å². The summed E-state index contributed by atoms with van der Waals surface area (Å²) in [7, 11) is 0. The predicted molar refractivity (Wildman–Crippen MR) is 70.0 cm³/mol. The van der Waals surface area contributed by atoms with Crippen LogP contribution in [0.1, 0.15) is 0 Å². The third-order valence-electron chi connectivity index (χ3n) is 2.13. The minimum Gasteiger partial charge on any atom is -0.452 e. The van der Waals surface area contributed by atoms with Gasteiger partial charge in [0.05, 0.1) is 10.7 Å². The number of anilines is 1. The average Bonchev–Trinajstić information content (AvgIpc) is 2.28. The number of benzene rings is 2. The molecule has 2 N–H and O–H groups in total. The van der Waals surface area contributed by atoms with Crippen molar-refractivity contribution in [2.75, 3.05) is 5.73 Å². The van der Waals surface area contributed by atoms with E-state index in [9.17, 15) is 4.39 Å². The Kier molecular flexibility index (Phi) is 3.54. The number of para-hydroxylation sites is 1. The van der Waals surface area contributed by atoms with E-state index in [0.717, 1.165) is 0 Å². The van der Waals surface area contributed by atoms with E-state index >= 15 is 0 Å². The van der Waals surface area contributed by atoms with E-state index in [1.54, 1.807) is 24.3 Å². The maximum atomic E-state index is 13.5. The maximum absolute atomic E-state index is 13.5. The lowest BCUT2D eigenvalue weighted by Gasteiger charge is -2.10. The fourth-order valence-electron chi connectivity index (χ4n) is 1.28. The van der Waals surface area contributed by atoms with Crippen molar-refractivity contribution in [2.24, 2.45) is 0 Å². The molecule has 2 nitrogen and oxygen atoms in total. The van der Waals surface area contributed by atoms with E-state index in [0.29, 0.717) is 15.2 Å². The second-order valence-electron chi connectivity index (χ2n) is 3.33. The molecular formula is C12H8BrClFNO. The van der Waals surface area contributed by atoms with E-state index in [4.69, 9.17) is 22.1 Å². The fourth-order valence-corrected chi connectivity index (χ4v) is 1.78. The van der Waals surface area contributed by atoms with Crippen LogP contribution < -0.4 is 10.5 Å². The lowest BCUT2D eigenvalue weighted by molar-refractivity contribution is 0.444. The Bertz CT molecular complexity index is 562. The molecule has 0 amide bonds. The van der Waals surface area contributed by atoms with Crippen LogP contribution >= 0.6 is 27.5 Å². The van der Waals surface area contributed by atoms with Crippen LogP contribution in [-0.4, -0.2) is 0 Å². The van der Waals surface area contributed by atoms with Gasteiger partial charge in [0, 0.05) is 4.47 Å². The lowest BCUT2D eigenvalue weighted by Crippen LogP contribution is -1.94. The van der Waals surface area contributed by atoms with Gasteiger partial charge >= 0.3 is 0 Å². The summed E-state index contributed by atoms with van der Waals surface area (Å²) in [5, 5.41) is 0.375. The summed E-state index contributed by atoms with van der Waals surface area (Å²) in [5.41, 5.74) is 6.01. The summed E-state index contributed by atoms with van der Waals surface area (Å²) in [6, 6.07) is 9.46. The molecule has 0 spiro atoms. The third-order valence-corrected chi connectivity index (χ3v) is 2.95. The first-order chi connectivity index (χ1) is 8.08. The Labute approximate surface area is 111 Å². The zero-order valence-corrected chi connectivity index (χ0v) is 10.9. The molecule has 0 atom stereocenters. The quantitative estimate of drug-likeness (QED) is 0.821. The predicted octanol–water partition coefficient (Wildman–Crippen LogP) is 4.62. The van der Waals surface area contributed by atoms with Gasteiger partial charge in [-0.3, -0.25) is 0 Å². The smallest absolute Gasteiger partial charge is 0.166 e. The molecule has 0 unspecified atom stereocenters. The highest BCUT2D eigenvalue weighted by molar-refractivity contribution is 9.10. The normalized spacial score (nSPS) is 10.3. The zero-order valence-electron chi connectivity index (χ0n) is 8.58. The molecule has 5 heteroatoms. The van der Waals surface area contributed by atoms with Crippen LogP contribution in [0.5, 0.6) is 11.5 Å². The molecule has 0 fully saturated rings. The van der Waals surface area contributed by atoms with Crippen molar-refractivity contribution >= 4 is 33.2 Å². The number of halogens is 3. The number of nitrogens with two attached hydrogens (primary N) is 1. The highest BCUT2D eigenvalue weighted by Crippen LogP contribution is 2.34. The number of nitrogen functional groups attached to an aromatic ring is 1. The molecule has 2 rings (SSSR count). The van der Waals surface area contributed by atoms with Crippen molar-refractivity contribution in [3.63, 3.8) is 0 Å². The molecule has 0 saturated heterocycles. The van der Waals surface area contributed by atoms with Gasteiger partial charge in [-0.05, 0) is 30.3 Å². The summed E-state index contributed by atoms with van der Waals surface area (Å²) >= 11 is 9.01. The summed E-state index contributed by atoms with van der Waals surface area (Å²) in [6.07, 6.45) is 0. The van der Waals surface area contributed by atoms with Crippen molar-refractivity contribution in [2.45, 2.75) is 0 Å². The third kappa shape index (κ3) is 2.70. The van der Waals surface area contributed by atoms with Crippen LogP contribution in [0.2, 0.25) is 5.02 Å². The molecule has 2 aromatic carbocycles. The highest BCUT2D eigenvalue weighted by atomic mass is 79.9. The van der Waals surface area contributed by atoms with Crippen LogP contribution in [0.3, 0.4) is 0 Å². The molecule has 0 aromatic heterocycles. The number of rotatable bonds is 2. The van der Waals surface area contributed by atoms with Gasteiger partial charge in [-0.25, -0.2) is 4.39 Å². The molecule has 0 aliphatic rings. The number of hydrogen-bond acceptors (Lipinski definition) is 2. The second-order valence-corrected chi connectivity index (χ2v) is 4.65. The summed E-state index contributed by atoms with van der Waals surface area (Å²) in [4.78, 5) is 0. The molecule has 17 heavy (non-hydrogen) atoms. The molecule has 0 radical (unpaired) electrons. The standard InChI is InChI=1S/C12H8BrClFNO/c13-7-4-5-10(9(15)6-7)17-11-3-1-2-8(14)12(11)16/h1-6H,16H2. The fraction of sp³-hybridized carbons (Fsp3) is 0. The van der Waals surface area contributed by atoms with E-state index in [1.165, 1.54) is 12.1 Å². The Balaban J connectivity index is 2.35. The Hall–Kier alpha value is -1.26. The lowest BCUT2D eigenvalue weighted by atomic mass is 10.3. The molecular weight excluding hydrogens is 308 g/mol. The molecule has 88 valence electrons. The maximum Gasteiger partial charge on any atom is 0.166 e. The Morgan fingerprint density at radius 2 is 1.94 bits per heavy atom. The van der Waals surface area contributed by atoms with Gasteiger partial charge in [0.1, 0.15) is 0 Å². The molecule has 0 bridgehead atoms. The molecule has 0 aliphatic heterocycles. The van der Waals surface area contributed by atoms with Gasteiger partial charge in [-0.15, -0.1) is 0 Å². The van der Waals surface area contributed by atoms with Gasteiger partial charge in [0.15, 0.2) is 17.3 Å². The van der Waals surface area contributed by atoms with Crippen molar-refractivity contribution in [3.05, 3.63) is 51.7 Å². The monoisotopic (exact) mass is 315 g/mol. The van der Waals surface area contributed by atoms with Crippen LogP contribution in [0.15, 0.2) is 40.9 Å². The van der Waals surface area contributed by atoms with Gasteiger partial charge < -0.3 is 10.5 Å². The molecule has 0 aliphatic carbocycles. The van der Waals surface area contributed by atoms with Crippen molar-refractivity contribution < 1.29 is 9.13 Å². The van der Waals surface area contributed by atoms with Crippen molar-refractivity contribution in [1.82, 2.24) is 0 Å². The van der Waals surface area contributed by atoms with Crippen LogP contribution in [-0.2, 0) is 0 Å². The first-order valence-electron chi connectivity index (χ1n) is 4.75. The first kappa shape index (κ1) is 12.2. The summed E-state index contributed by atoms with van der Waals surface area (Å²) in [6.45, 7) is 0. The van der Waals surface area contributed by atoms with Gasteiger partial charge in [0.2, 0.25) is 0 Å². The van der Waals surface area contributed by atoms with Crippen molar-refractivity contribution in [3.8, 4) is 11.5 Å². The minimum atomic E-state index is -0.473. The van der Waals surface area contributed by atoms with E-state index < -0.39 is 5.82 Å². The number of hydrogen-bond donors (Lipinski definition) is 1. The largest absolute Gasteiger partial charge is 0.452 e. The van der Waals surface area contributed by atoms with Crippen LogP contribution in [0.4, 0.5) is 10.1 Å². The Morgan fingerprint density at radius 3 is 2.65 bits per heavy atom. The van der Waals surface area contributed by atoms with Gasteiger partial charge in [0.25, 0.3) is 0 Å². The zero-order chi connectivity index (χ0) is 12.4. The number of ether oxygens (including phenoxy) is 1. The van der Waals surface area contributed by atoms with Crippen molar-refractivity contribution in [1.29, 1.82) is 0 Å². The van der Waals surface area contributed by atoms with Crippen LogP contribution in [0, 0.1) is 5.82 Å². The first-order valence-corrected chi connectivity index (χ1v) is 5.92.